The fourth-order valence-corrected chi connectivity index (χ4v) is 0.539. The standard InChI is InChI=1S/C5H10O.2C4H8O2.2C4H8O.C3H8.C2H6O2S/c1-3-5(6)4-2;2*1-3-4(5)6-2;2*1-3-4(2)5;1-3-2;1-2-5(3)4/h3-4H2,1-2H3;2*3H2,1-2H3;2*3H2,1-2H3;3H2,1-2H3;2H2,1H3,(H,3,4)/p-1. The lowest BCUT2D eigenvalue weighted by Gasteiger charge is -1.93. The molecule has 10 heteroatoms. The second-order valence-corrected chi connectivity index (χ2v) is 7.70. The molecule has 0 aliphatic rings. The summed E-state index contributed by atoms with van der Waals surface area (Å²) < 4.78 is 27.3. The van der Waals surface area contributed by atoms with Gasteiger partial charge in [-0.15, -0.1) is 0 Å². The molecule has 0 bridgehead atoms. The van der Waals surface area contributed by atoms with Gasteiger partial charge in [-0.25, -0.2) is 0 Å². The molecule has 0 fully saturated rings. The van der Waals surface area contributed by atoms with E-state index in [2.05, 4.69) is 23.3 Å². The molecule has 0 aromatic heterocycles. The summed E-state index contributed by atoms with van der Waals surface area (Å²) in [5, 5.41) is 0. The number of carbonyl (C=O) groups excluding carboxylic acids is 5. The van der Waals surface area contributed by atoms with Gasteiger partial charge in [-0.05, 0) is 13.8 Å². The van der Waals surface area contributed by atoms with Crippen molar-refractivity contribution in [3.05, 3.63) is 0 Å². The van der Waals surface area contributed by atoms with Crippen molar-refractivity contribution in [3.8, 4) is 0 Å². The fraction of sp³-hybridized carbons (Fsp3) is 0.808. The molecule has 1 atom stereocenters. The predicted molar refractivity (Wildman–Crippen MR) is 148 cm³/mol. The minimum absolute atomic E-state index is 0.157. The maximum absolute atomic E-state index is 10.2. The van der Waals surface area contributed by atoms with Crippen molar-refractivity contribution in [2.45, 2.75) is 121 Å². The lowest BCUT2D eigenvalue weighted by Crippen LogP contribution is -1.94. The Labute approximate surface area is 223 Å². The molecule has 0 spiro atoms. The second-order valence-electron chi connectivity index (χ2n) is 6.52. The maximum Gasteiger partial charge on any atom is 0.305 e. The second kappa shape index (κ2) is 50.0. The maximum atomic E-state index is 10.2. The van der Waals surface area contributed by atoms with Crippen molar-refractivity contribution in [3.63, 3.8) is 0 Å². The quantitative estimate of drug-likeness (QED) is 0.288. The van der Waals surface area contributed by atoms with Crippen LogP contribution in [0.2, 0.25) is 0 Å². The van der Waals surface area contributed by atoms with Crippen LogP contribution in [0.5, 0.6) is 0 Å². The Bertz CT molecular complexity index is 430. The van der Waals surface area contributed by atoms with Gasteiger partial charge in [0.25, 0.3) is 0 Å². The van der Waals surface area contributed by atoms with Crippen molar-refractivity contribution in [2.75, 3.05) is 20.0 Å². The Kier molecular flexibility index (Phi) is 70.7. The fourth-order valence-electron chi connectivity index (χ4n) is 0.539. The topological polar surface area (TPSA) is 144 Å². The highest BCUT2D eigenvalue weighted by atomic mass is 32.2. The zero-order valence-corrected chi connectivity index (χ0v) is 26.1. The van der Waals surface area contributed by atoms with Crippen LogP contribution in [0.15, 0.2) is 0 Å². The van der Waals surface area contributed by atoms with Gasteiger partial charge in [0.1, 0.15) is 17.3 Å². The van der Waals surface area contributed by atoms with E-state index >= 15 is 0 Å². The first-order valence-corrected chi connectivity index (χ1v) is 13.6. The number of rotatable bonds is 7. The Morgan fingerprint density at radius 2 is 0.778 bits per heavy atom. The van der Waals surface area contributed by atoms with E-state index < -0.39 is 11.1 Å². The van der Waals surface area contributed by atoms with E-state index in [1.165, 1.54) is 20.6 Å². The first kappa shape index (κ1) is 50.8. The van der Waals surface area contributed by atoms with Crippen LogP contribution in [0.4, 0.5) is 0 Å². The van der Waals surface area contributed by atoms with Crippen LogP contribution < -0.4 is 0 Å². The van der Waals surface area contributed by atoms with E-state index in [1.807, 2.05) is 27.7 Å². The van der Waals surface area contributed by atoms with Crippen LogP contribution in [0.25, 0.3) is 0 Å². The van der Waals surface area contributed by atoms with Gasteiger partial charge in [0, 0.05) is 44.3 Å². The van der Waals surface area contributed by atoms with Gasteiger partial charge in [-0.2, -0.15) is 0 Å². The van der Waals surface area contributed by atoms with Crippen LogP contribution in [-0.2, 0) is 44.5 Å². The van der Waals surface area contributed by atoms with Crippen molar-refractivity contribution in [1.29, 1.82) is 0 Å². The molecule has 0 radical (unpaired) electrons. The van der Waals surface area contributed by atoms with Crippen LogP contribution >= 0.6 is 0 Å². The predicted octanol–water partition coefficient (Wildman–Crippen LogP) is 5.79. The van der Waals surface area contributed by atoms with Gasteiger partial charge in [0.15, 0.2) is 0 Å². The van der Waals surface area contributed by atoms with Gasteiger partial charge >= 0.3 is 11.9 Å². The van der Waals surface area contributed by atoms with Gasteiger partial charge in [-0.3, -0.25) is 18.6 Å². The number of carbonyl (C=O) groups is 5. The SMILES string of the molecule is CCC.CCC(=O)CC.CCC(=O)OC.CCC(=O)OC.CCC(C)=O.CCC(C)=O.CCS(=O)[O-]. The number of Topliss-reactive ketones (excluding diaryl/α,β-unsaturated/α-hetero) is 3. The van der Waals surface area contributed by atoms with Crippen LogP contribution in [0.3, 0.4) is 0 Å². The normalized spacial score (nSPS) is 8.61. The molecule has 0 saturated carbocycles. The summed E-state index contributed by atoms with van der Waals surface area (Å²) >= 11 is -1.82. The lowest BCUT2D eigenvalue weighted by molar-refractivity contribution is -0.141. The van der Waals surface area contributed by atoms with Gasteiger partial charge in [-0.1, -0.05) is 79.8 Å². The van der Waals surface area contributed by atoms with Crippen molar-refractivity contribution in [1.82, 2.24) is 0 Å². The highest BCUT2D eigenvalue weighted by Crippen LogP contribution is 1.83. The average molecular weight is 544 g/mol. The number of hydrogen-bond acceptors (Lipinski definition) is 9. The van der Waals surface area contributed by atoms with Crippen LogP contribution in [-0.4, -0.2) is 58.0 Å². The zero-order valence-electron chi connectivity index (χ0n) is 25.2. The average Bonchev–Trinajstić information content (AvgIpc) is 2.89. The molecule has 0 aliphatic carbocycles. The Morgan fingerprint density at radius 3 is 0.778 bits per heavy atom. The third-order valence-corrected chi connectivity index (χ3v) is 3.52. The Balaban J connectivity index is -0.0000000550. The van der Waals surface area contributed by atoms with Crippen LogP contribution in [0, 0.1) is 0 Å². The molecule has 220 valence electrons. The highest BCUT2D eigenvalue weighted by molar-refractivity contribution is 7.79. The summed E-state index contributed by atoms with van der Waals surface area (Å²) in [6.45, 7) is 20.0. The molecule has 0 aliphatic heterocycles. The first-order valence-electron chi connectivity index (χ1n) is 12.4. The molecule has 0 aromatic carbocycles. The number of ether oxygens (including phenoxy) is 2. The van der Waals surface area contributed by atoms with E-state index in [-0.39, 0.29) is 29.3 Å². The van der Waals surface area contributed by atoms with E-state index in [9.17, 15) is 32.7 Å². The van der Waals surface area contributed by atoms with E-state index in [4.69, 9.17) is 0 Å². The summed E-state index contributed by atoms with van der Waals surface area (Å²) in [6, 6.07) is 0. The Morgan fingerprint density at radius 1 is 0.583 bits per heavy atom. The molecule has 0 heterocycles. The summed E-state index contributed by atoms with van der Waals surface area (Å²) in [7, 11) is 2.76. The van der Waals surface area contributed by atoms with Crippen molar-refractivity contribution >= 4 is 40.4 Å². The minimum atomic E-state index is -1.82. The Hall–Kier alpha value is -1.94. The summed E-state index contributed by atoms with van der Waals surface area (Å²) in [4.78, 5) is 49.7. The number of methoxy groups -OCH3 is 2. The molecule has 0 saturated heterocycles. The van der Waals surface area contributed by atoms with E-state index in [0.717, 1.165) is 0 Å². The third-order valence-electron chi connectivity index (χ3n) is 3.05. The molecular weight excluding hydrogens is 488 g/mol. The number of hydrogen-bond donors (Lipinski definition) is 0. The smallest absolute Gasteiger partial charge is 0.305 e. The molecule has 0 N–H and O–H groups in total. The zero-order chi connectivity index (χ0) is 30.5. The molecular formula is C26H55O9S-. The summed E-state index contributed by atoms with van der Waals surface area (Å²) in [5.74, 6) is 0.759. The van der Waals surface area contributed by atoms with E-state index in [1.54, 1.807) is 34.6 Å². The van der Waals surface area contributed by atoms with Crippen LogP contribution in [0.1, 0.15) is 121 Å². The lowest BCUT2D eigenvalue weighted by atomic mass is 10.3. The first-order chi connectivity index (χ1) is 16.6. The monoisotopic (exact) mass is 543 g/mol. The molecule has 36 heavy (non-hydrogen) atoms. The molecule has 0 aromatic rings. The number of ketones is 3. The molecule has 0 amide bonds. The van der Waals surface area contributed by atoms with Gasteiger partial charge < -0.3 is 23.6 Å². The van der Waals surface area contributed by atoms with E-state index in [0.29, 0.717) is 44.3 Å². The molecule has 1 unspecified atom stereocenters. The summed E-state index contributed by atoms with van der Waals surface area (Å²) in [5.41, 5.74) is 0. The number of esters is 2. The molecule has 9 nitrogen and oxygen atoms in total. The largest absolute Gasteiger partial charge is 0.772 e. The minimum Gasteiger partial charge on any atom is -0.772 e. The van der Waals surface area contributed by atoms with Crippen molar-refractivity contribution in [2.24, 2.45) is 0 Å². The third kappa shape index (κ3) is 120. The molecule has 0 rings (SSSR count). The van der Waals surface area contributed by atoms with Gasteiger partial charge in [0.05, 0.1) is 14.2 Å². The summed E-state index contributed by atoms with van der Waals surface area (Å²) in [6.07, 6.45) is 4.90. The van der Waals surface area contributed by atoms with Gasteiger partial charge in [0.2, 0.25) is 0 Å². The highest BCUT2D eigenvalue weighted by Gasteiger charge is 1.88. The van der Waals surface area contributed by atoms with Crippen molar-refractivity contribution < 1.29 is 42.2 Å².